The molecule has 0 spiro atoms. The molecule has 0 saturated heterocycles. The molecule has 2 N–H and O–H groups in total. The summed E-state index contributed by atoms with van der Waals surface area (Å²) in [6.45, 7) is 1.00. The molecule has 25 heavy (non-hydrogen) atoms. The van der Waals surface area contributed by atoms with Crippen molar-refractivity contribution in [3.8, 4) is 0 Å². The van der Waals surface area contributed by atoms with Crippen LogP contribution in [-0.4, -0.2) is 15.9 Å². The van der Waals surface area contributed by atoms with Gasteiger partial charge < -0.3 is 10.6 Å². The van der Waals surface area contributed by atoms with E-state index in [1.165, 1.54) is 0 Å². The van der Waals surface area contributed by atoms with Gasteiger partial charge >= 0.3 is 0 Å². The van der Waals surface area contributed by atoms with E-state index in [0.717, 1.165) is 16.8 Å². The van der Waals surface area contributed by atoms with Gasteiger partial charge in [-0.05, 0) is 35.4 Å². The van der Waals surface area contributed by atoms with E-state index < -0.39 is 0 Å². The molecule has 0 radical (unpaired) electrons. The zero-order chi connectivity index (χ0) is 17.5. The number of aromatic nitrogens is 2. The summed E-state index contributed by atoms with van der Waals surface area (Å²) >= 11 is 6.15. The van der Waals surface area contributed by atoms with Gasteiger partial charge in [0, 0.05) is 42.9 Å². The summed E-state index contributed by atoms with van der Waals surface area (Å²) in [4.78, 5) is 20.4. The van der Waals surface area contributed by atoms with E-state index in [-0.39, 0.29) is 5.91 Å². The van der Waals surface area contributed by atoms with E-state index in [4.69, 9.17) is 11.6 Å². The maximum Gasteiger partial charge on any atom is 0.253 e. The number of hydrogen-bond donors (Lipinski definition) is 2. The van der Waals surface area contributed by atoms with Crippen molar-refractivity contribution in [2.24, 2.45) is 0 Å². The molecular formula is C19H17ClN4O. The van der Waals surface area contributed by atoms with Gasteiger partial charge in [-0.25, -0.2) is 0 Å². The second-order valence-corrected chi connectivity index (χ2v) is 5.85. The minimum absolute atomic E-state index is 0.175. The smallest absolute Gasteiger partial charge is 0.253 e. The normalized spacial score (nSPS) is 10.3. The molecule has 6 heteroatoms. The van der Waals surface area contributed by atoms with Crippen molar-refractivity contribution in [2.75, 3.05) is 5.32 Å². The van der Waals surface area contributed by atoms with Crippen LogP contribution in [0.3, 0.4) is 0 Å². The maximum atomic E-state index is 12.3. The fraction of sp³-hybridized carbons (Fsp3) is 0.105. The summed E-state index contributed by atoms with van der Waals surface area (Å²) in [7, 11) is 0. The quantitative estimate of drug-likeness (QED) is 0.710. The molecule has 2 heterocycles. The summed E-state index contributed by atoms with van der Waals surface area (Å²) in [5.41, 5.74) is 3.23. The average molecular weight is 353 g/mol. The summed E-state index contributed by atoms with van der Waals surface area (Å²) < 4.78 is 0. The predicted molar refractivity (Wildman–Crippen MR) is 98.4 cm³/mol. The number of nitrogens with one attached hydrogen (secondary N) is 2. The zero-order valence-corrected chi connectivity index (χ0v) is 14.2. The molecule has 0 fully saturated rings. The minimum Gasteiger partial charge on any atom is -0.380 e. The third-order valence-electron chi connectivity index (χ3n) is 3.64. The van der Waals surface area contributed by atoms with Crippen molar-refractivity contribution in [3.05, 3.63) is 89.0 Å². The Balaban J connectivity index is 1.61. The Labute approximate surface area is 151 Å². The first-order valence-electron chi connectivity index (χ1n) is 7.82. The van der Waals surface area contributed by atoms with E-state index >= 15 is 0 Å². The predicted octanol–water partition coefficient (Wildman–Crippen LogP) is 3.67. The van der Waals surface area contributed by atoms with Crippen molar-refractivity contribution in [1.29, 1.82) is 0 Å². The molecule has 0 aliphatic rings. The largest absolute Gasteiger partial charge is 0.380 e. The Morgan fingerprint density at radius 1 is 1.00 bits per heavy atom. The number of pyridine rings is 2. The molecule has 3 aromatic rings. The van der Waals surface area contributed by atoms with Crippen molar-refractivity contribution in [3.63, 3.8) is 0 Å². The molecule has 0 saturated carbocycles. The van der Waals surface area contributed by atoms with Crippen LogP contribution in [0.4, 0.5) is 5.69 Å². The Morgan fingerprint density at radius 2 is 1.80 bits per heavy atom. The van der Waals surface area contributed by atoms with Crippen LogP contribution in [-0.2, 0) is 13.1 Å². The number of rotatable bonds is 6. The van der Waals surface area contributed by atoms with Gasteiger partial charge in [-0.2, -0.15) is 0 Å². The van der Waals surface area contributed by atoms with Crippen LogP contribution < -0.4 is 10.6 Å². The van der Waals surface area contributed by atoms with E-state index in [2.05, 4.69) is 20.6 Å². The van der Waals surface area contributed by atoms with Crippen molar-refractivity contribution in [1.82, 2.24) is 15.3 Å². The van der Waals surface area contributed by atoms with Crippen LogP contribution in [0.5, 0.6) is 0 Å². The molecule has 0 bridgehead atoms. The number of benzene rings is 1. The van der Waals surface area contributed by atoms with Crippen LogP contribution in [0, 0.1) is 0 Å². The molecule has 126 valence electrons. The number of halogens is 1. The highest BCUT2D eigenvalue weighted by molar-refractivity contribution is 6.31. The fourth-order valence-electron chi connectivity index (χ4n) is 2.28. The van der Waals surface area contributed by atoms with Gasteiger partial charge in [-0.1, -0.05) is 29.8 Å². The topological polar surface area (TPSA) is 66.9 Å². The number of carbonyl (C=O) groups is 1. The van der Waals surface area contributed by atoms with Crippen molar-refractivity contribution < 1.29 is 4.79 Å². The lowest BCUT2D eigenvalue weighted by atomic mass is 10.2. The maximum absolute atomic E-state index is 12.3. The molecule has 0 aliphatic heterocycles. The summed E-state index contributed by atoms with van der Waals surface area (Å²) in [5.74, 6) is -0.175. The van der Waals surface area contributed by atoms with Gasteiger partial charge in [-0.3, -0.25) is 14.8 Å². The third kappa shape index (κ3) is 4.78. The molecule has 0 atom stereocenters. The minimum atomic E-state index is -0.175. The van der Waals surface area contributed by atoms with Gasteiger partial charge in [0.2, 0.25) is 0 Å². The molecule has 0 unspecified atom stereocenters. The van der Waals surface area contributed by atoms with E-state index in [0.29, 0.717) is 23.7 Å². The molecule has 3 rings (SSSR count). The lowest BCUT2D eigenvalue weighted by molar-refractivity contribution is 0.0950. The standard InChI is InChI=1S/C19H17ClN4O/c20-18-4-2-1-3-15(18)12-23-17-9-16(11-22-13-17)19(25)24-10-14-5-7-21-8-6-14/h1-9,11,13,23H,10,12H2,(H,24,25). The van der Waals surface area contributed by atoms with Gasteiger partial charge in [0.05, 0.1) is 11.3 Å². The van der Waals surface area contributed by atoms with E-state index in [9.17, 15) is 4.79 Å². The Bertz CT molecular complexity index is 855. The zero-order valence-electron chi connectivity index (χ0n) is 13.4. The van der Waals surface area contributed by atoms with Gasteiger partial charge in [-0.15, -0.1) is 0 Å². The highest BCUT2D eigenvalue weighted by Gasteiger charge is 2.07. The third-order valence-corrected chi connectivity index (χ3v) is 4.01. The molecule has 1 aromatic carbocycles. The van der Waals surface area contributed by atoms with Crippen LogP contribution in [0.1, 0.15) is 21.5 Å². The molecule has 5 nitrogen and oxygen atoms in total. The first kappa shape index (κ1) is 16.9. The highest BCUT2D eigenvalue weighted by Crippen LogP contribution is 2.17. The summed E-state index contributed by atoms with van der Waals surface area (Å²) in [6, 6.07) is 13.1. The van der Waals surface area contributed by atoms with E-state index in [1.54, 1.807) is 30.9 Å². The second-order valence-electron chi connectivity index (χ2n) is 5.45. The molecular weight excluding hydrogens is 336 g/mol. The molecule has 2 aromatic heterocycles. The SMILES string of the molecule is O=C(NCc1ccncc1)c1cncc(NCc2ccccc2Cl)c1. The Hall–Kier alpha value is -2.92. The Kier molecular flexibility index (Phi) is 5.59. The first-order chi connectivity index (χ1) is 12.2. The fourth-order valence-corrected chi connectivity index (χ4v) is 2.49. The number of nitrogens with zero attached hydrogens (tertiary/aromatic N) is 2. The van der Waals surface area contributed by atoms with Crippen LogP contribution in [0.2, 0.25) is 5.02 Å². The second kappa shape index (κ2) is 8.26. The number of anilines is 1. The van der Waals surface area contributed by atoms with Crippen LogP contribution in [0.25, 0.3) is 0 Å². The van der Waals surface area contributed by atoms with E-state index in [1.807, 2.05) is 36.4 Å². The number of carbonyl (C=O) groups excluding carboxylic acids is 1. The van der Waals surface area contributed by atoms with Crippen molar-refractivity contribution in [2.45, 2.75) is 13.1 Å². The average Bonchev–Trinajstić information content (AvgIpc) is 2.66. The number of amides is 1. The van der Waals surface area contributed by atoms with Crippen LogP contribution >= 0.6 is 11.6 Å². The summed E-state index contributed by atoms with van der Waals surface area (Å²) in [5, 5.41) is 6.81. The van der Waals surface area contributed by atoms with Gasteiger partial charge in [0.1, 0.15) is 0 Å². The lowest BCUT2D eigenvalue weighted by Gasteiger charge is -2.09. The highest BCUT2D eigenvalue weighted by atomic mass is 35.5. The van der Waals surface area contributed by atoms with Crippen molar-refractivity contribution >= 4 is 23.2 Å². The lowest BCUT2D eigenvalue weighted by Crippen LogP contribution is -2.23. The summed E-state index contributed by atoms with van der Waals surface area (Å²) in [6.07, 6.45) is 6.61. The monoisotopic (exact) mass is 352 g/mol. The Morgan fingerprint density at radius 3 is 2.60 bits per heavy atom. The van der Waals surface area contributed by atoms with Gasteiger partial charge in [0.25, 0.3) is 5.91 Å². The first-order valence-corrected chi connectivity index (χ1v) is 8.19. The van der Waals surface area contributed by atoms with Gasteiger partial charge in [0.15, 0.2) is 0 Å². The molecule has 1 amide bonds. The number of hydrogen-bond acceptors (Lipinski definition) is 4. The van der Waals surface area contributed by atoms with Crippen LogP contribution in [0.15, 0.2) is 67.3 Å². The molecule has 0 aliphatic carbocycles.